The Morgan fingerprint density at radius 1 is 1.33 bits per heavy atom. The molecule has 0 aromatic heterocycles. The monoisotopic (exact) mass is 273 g/mol. The number of hydrogen-bond donors (Lipinski definition) is 1. The topological polar surface area (TPSA) is 41.9 Å². The van der Waals surface area contributed by atoms with Crippen molar-refractivity contribution in [2.45, 2.75) is 5.38 Å². The zero-order valence-corrected chi connectivity index (χ0v) is 11.8. The molecule has 0 aliphatic heterocycles. The van der Waals surface area contributed by atoms with Gasteiger partial charge in [-0.2, -0.15) is 0 Å². The SMILES string of the molecule is COc1ccc(C(Cl)CN(C)CCO)c(OC)c1. The summed E-state index contributed by atoms with van der Waals surface area (Å²) in [5.74, 6) is 1.45. The third-order valence-corrected chi connectivity index (χ3v) is 3.10. The Bertz CT molecular complexity index is 373. The first-order valence-corrected chi connectivity index (χ1v) is 6.21. The van der Waals surface area contributed by atoms with Gasteiger partial charge in [0.2, 0.25) is 0 Å². The number of likely N-dealkylation sites (N-methyl/N-ethyl adjacent to an activating group) is 1. The number of nitrogens with zero attached hydrogens (tertiary/aromatic N) is 1. The van der Waals surface area contributed by atoms with E-state index in [1.54, 1.807) is 14.2 Å². The Balaban J connectivity index is 2.81. The molecule has 1 aromatic carbocycles. The Hall–Kier alpha value is -0.970. The Morgan fingerprint density at radius 3 is 2.61 bits per heavy atom. The summed E-state index contributed by atoms with van der Waals surface area (Å²) in [5, 5.41) is 8.67. The van der Waals surface area contributed by atoms with Crippen LogP contribution in [0.3, 0.4) is 0 Å². The molecule has 0 aliphatic rings. The third kappa shape index (κ3) is 4.05. The predicted molar refractivity (Wildman–Crippen MR) is 72.7 cm³/mol. The molecule has 0 radical (unpaired) electrons. The molecule has 102 valence electrons. The van der Waals surface area contributed by atoms with Crippen LogP contribution in [-0.2, 0) is 0 Å². The summed E-state index contributed by atoms with van der Waals surface area (Å²) >= 11 is 6.37. The number of hydrogen-bond acceptors (Lipinski definition) is 4. The van der Waals surface area contributed by atoms with Gasteiger partial charge in [-0.05, 0) is 13.1 Å². The van der Waals surface area contributed by atoms with E-state index in [0.29, 0.717) is 18.8 Å². The number of benzene rings is 1. The van der Waals surface area contributed by atoms with Gasteiger partial charge in [-0.3, -0.25) is 0 Å². The molecule has 0 fully saturated rings. The molecule has 5 heteroatoms. The first-order chi connectivity index (χ1) is 8.62. The summed E-state index contributed by atoms with van der Waals surface area (Å²) in [5.41, 5.74) is 0.921. The van der Waals surface area contributed by atoms with Gasteiger partial charge in [-0.25, -0.2) is 0 Å². The lowest BCUT2D eigenvalue weighted by molar-refractivity contribution is 0.221. The molecule has 0 amide bonds. The number of ether oxygens (including phenoxy) is 2. The van der Waals surface area contributed by atoms with Crippen LogP contribution in [0.15, 0.2) is 18.2 Å². The second-order valence-electron chi connectivity index (χ2n) is 4.06. The summed E-state index contributed by atoms with van der Waals surface area (Å²) in [6, 6.07) is 5.58. The maximum absolute atomic E-state index is 8.86. The van der Waals surface area contributed by atoms with Crippen LogP contribution < -0.4 is 9.47 Å². The van der Waals surface area contributed by atoms with E-state index in [1.165, 1.54) is 0 Å². The van der Waals surface area contributed by atoms with Gasteiger partial charge in [0.1, 0.15) is 11.5 Å². The molecular formula is C13H20ClNO3. The van der Waals surface area contributed by atoms with Crippen LogP contribution in [0.5, 0.6) is 11.5 Å². The number of alkyl halides is 1. The van der Waals surface area contributed by atoms with E-state index in [-0.39, 0.29) is 12.0 Å². The molecule has 1 rings (SSSR count). The summed E-state index contributed by atoms with van der Waals surface area (Å²) in [4.78, 5) is 1.97. The maximum Gasteiger partial charge on any atom is 0.127 e. The molecule has 1 N–H and O–H groups in total. The van der Waals surface area contributed by atoms with Gasteiger partial charge in [0.25, 0.3) is 0 Å². The molecule has 0 bridgehead atoms. The van der Waals surface area contributed by atoms with Crippen LogP contribution in [0.4, 0.5) is 0 Å². The van der Waals surface area contributed by atoms with Crippen LogP contribution in [0, 0.1) is 0 Å². The fraction of sp³-hybridized carbons (Fsp3) is 0.538. The zero-order chi connectivity index (χ0) is 13.5. The highest BCUT2D eigenvalue weighted by Crippen LogP contribution is 2.33. The molecule has 1 atom stereocenters. The molecule has 0 saturated heterocycles. The van der Waals surface area contributed by atoms with Crippen molar-refractivity contribution in [3.63, 3.8) is 0 Å². The van der Waals surface area contributed by atoms with Crippen LogP contribution in [0.2, 0.25) is 0 Å². The first kappa shape index (κ1) is 15.1. The number of rotatable bonds is 7. The molecule has 0 heterocycles. The van der Waals surface area contributed by atoms with Crippen molar-refractivity contribution < 1.29 is 14.6 Å². The van der Waals surface area contributed by atoms with Crippen molar-refractivity contribution >= 4 is 11.6 Å². The van der Waals surface area contributed by atoms with Crippen molar-refractivity contribution in [1.82, 2.24) is 4.90 Å². The molecular weight excluding hydrogens is 254 g/mol. The fourth-order valence-electron chi connectivity index (χ4n) is 1.71. The van der Waals surface area contributed by atoms with Crippen LogP contribution in [-0.4, -0.2) is 51.0 Å². The number of aliphatic hydroxyl groups is 1. The summed E-state index contributed by atoms with van der Waals surface area (Å²) in [6.45, 7) is 1.37. The predicted octanol–water partition coefficient (Wildman–Crippen LogP) is 1.91. The fourth-order valence-corrected chi connectivity index (χ4v) is 2.13. The van der Waals surface area contributed by atoms with Crippen molar-refractivity contribution in [3.8, 4) is 11.5 Å². The third-order valence-electron chi connectivity index (χ3n) is 2.73. The lowest BCUT2D eigenvalue weighted by Gasteiger charge is -2.21. The maximum atomic E-state index is 8.86. The minimum Gasteiger partial charge on any atom is -0.497 e. The highest BCUT2D eigenvalue weighted by molar-refractivity contribution is 6.21. The van der Waals surface area contributed by atoms with Crippen LogP contribution in [0.1, 0.15) is 10.9 Å². The van der Waals surface area contributed by atoms with Gasteiger partial charge in [0.05, 0.1) is 26.2 Å². The molecule has 18 heavy (non-hydrogen) atoms. The van der Waals surface area contributed by atoms with E-state index in [9.17, 15) is 0 Å². The van der Waals surface area contributed by atoms with Crippen molar-refractivity contribution in [2.75, 3.05) is 41.0 Å². The van der Waals surface area contributed by atoms with Crippen LogP contribution >= 0.6 is 11.6 Å². The van der Waals surface area contributed by atoms with Crippen LogP contribution in [0.25, 0.3) is 0 Å². The largest absolute Gasteiger partial charge is 0.497 e. The van der Waals surface area contributed by atoms with E-state index < -0.39 is 0 Å². The number of methoxy groups -OCH3 is 2. The van der Waals surface area contributed by atoms with Gasteiger partial charge >= 0.3 is 0 Å². The Morgan fingerprint density at radius 2 is 2.06 bits per heavy atom. The Kier molecular flexibility index (Phi) is 6.25. The average Bonchev–Trinajstić information content (AvgIpc) is 2.38. The van der Waals surface area contributed by atoms with Gasteiger partial charge < -0.3 is 19.5 Å². The highest BCUT2D eigenvalue weighted by Gasteiger charge is 2.16. The first-order valence-electron chi connectivity index (χ1n) is 5.77. The highest BCUT2D eigenvalue weighted by atomic mass is 35.5. The van der Waals surface area contributed by atoms with Gasteiger partial charge in [0.15, 0.2) is 0 Å². The van der Waals surface area contributed by atoms with Gasteiger partial charge in [-0.1, -0.05) is 6.07 Å². The minimum absolute atomic E-state index is 0.125. The Labute approximate surface area is 113 Å². The standard InChI is InChI=1S/C13H20ClNO3/c1-15(6-7-16)9-12(14)11-5-4-10(17-2)8-13(11)18-3/h4-5,8,12,16H,6-7,9H2,1-3H3. The lowest BCUT2D eigenvalue weighted by Crippen LogP contribution is -2.25. The average molecular weight is 274 g/mol. The van der Waals surface area contributed by atoms with E-state index in [1.807, 2.05) is 30.1 Å². The van der Waals surface area contributed by atoms with Crippen molar-refractivity contribution in [1.29, 1.82) is 0 Å². The van der Waals surface area contributed by atoms with Gasteiger partial charge in [-0.15, -0.1) is 11.6 Å². The number of halogens is 1. The normalized spacial score (nSPS) is 12.6. The van der Waals surface area contributed by atoms with Crippen molar-refractivity contribution in [3.05, 3.63) is 23.8 Å². The van der Waals surface area contributed by atoms with E-state index in [4.69, 9.17) is 26.2 Å². The molecule has 1 aromatic rings. The molecule has 1 unspecified atom stereocenters. The quantitative estimate of drug-likeness (QED) is 0.771. The summed E-state index contributed by atoms with van der Waals surface area (Å²) in [6.07, 6.45) is 0. The van der Waals surface area contributed by atoms with Crippen molar-refractivity contribution in [2.24, 2.45) is 0 Å². The van der Waals surface area contributed by atoms with E-state index in [0.717, 1.165) is 11.3 Å². The molecule has 0 aliphatic carbocycles. The number of aliphatic hydroxyl groups excluding tert-OH is 1. The van der Waals surface area contributed by atoms with Gasteiger partial charge in [0, 0.05) is 24.7 Å². The lowest BCUT2D eigenvalue weighted by atomic mass is 10.1. The summed E-state index contributed by atoms with van der Waals surface area (Å²) < 4.78 is 10.5. The molecule has 0 spiro atoms. The molecule has 0 saturated carbocycles. The second-order valence-corrected chi connectivity index (χ2v) is 4.59. The van der Waals surface area contributed by atoms with E-state index in [2.05, 4.69) is 0 Å². The minimum atomic E-state index is -0.192. The van der Waals surface area contributed by atoms with E-state index >= 15 is 0 Å². The zero-order valence-electron chi connectivity index (χ0n) is 11.0. The second kappa shape index (κ2) is 7.46. The summed E-state index contributed by atoms with van der Waals surface area (Å²) in [7, 11) is 5.14. The molecule has 4 nitrogen and oxygen atoms in total. The smallest absolute Gasteiger partial charge is 0.127 e.